The van der Waals surface area contributed by atoms with Gasteiger partial charge < -0.3 is 20.4 Å². The molecule has 0 spiro atoms. The fraction of sp³-hybridized carbons (Fsp3) is 0.400. The number of aromatic nitrogens is 3. The highest BCUT2D eigenvalue weighted by atomic mass is 32.2. The molecule has 6 nitrogen and oxygen atoms in total. The summed E-state index contributed by atoms with van der Waals surface area (Å²) in [4.78, 5) is 23.3. The van der Waals surface area contributed by atoms with Gasteiger partial charge in [-0.25, -0.2) is 0 Å². The first-order valence-corrected chi connectivity index (χ1v) is 10.3. The number of aromatic hydroxyl groups is 1. The molecular formula is C20H24N4O2S. The molecule has 0 bridgehead atoms. The van der Waals surface area contributed by atoms with Crippen LogP contribution in [-0.2, 0) is 6.42 Å². The Balaban J connectivity index is 1.69. The first kappa shape index (κ1) is 18.1. The Bertz CT molecular complexity index is 1020. The van der Waals surface area contributed by atoms with Crippen LogP contribution in [0.4, 0.5) is 0 Å². The molecule has 3 aromatic rings. The van der Waals surface area contributed by atoms with Crippen molar-refractivity contribution in [3.8, 4) is 5.88 Å². The Morgan fingerprint density at radius 3 is 2.89 bits per heavy atom. The fourth-order valence-corrected chi connectivity index (χ4v) is 4.70. The first-order valence-electron chi connectivity index (χ1n) is 9.33. The van der Waals surface area contributed by atoms with Gasteiger partial charge in [0.2, 0.25) is 5.88 Å². The molecule has 0 saturated heterocycles. The summed E-state index contributed by atoms with van der Waals surface area (Å²) in [5, 5.41) is 15.5. The number of benzene rings is 1. The molecule has 7 heteroatoms. The van der Waals surface area contributed by atoms with Crippen LogP contribution in [-0.4, -0.2) is 32.4 Å². The maximum absolute atomic E-state index is 12.8. The minimum absolute atomic E-state index is 0.199. The van der Waals surface area contributed by atoms with Gasteiger partial charge in [0.05, 0.1) is 6.04 Å². The van der Waals surface area contributed by atoms with E-state index in [4.69, 9.17) is 0 Å². The van der Waals surface area contributed by atoms with E-state index in [1.165, 1.54) is 22.7 Å². The number of thioether (sulfide) groups is 1. The van der Waals surface area contributed by atoms with Crippen LogP contribution in [0.3, 0.4) is 0 Å². The van der Waals surface area contributed by atoms with Crippen LogP contribution < -0.4 is 10.9 Å². The highest BCUT2D eigenvalue weighted by Gasteiger charge is 2.30. The van der Waals surface area contributed by atoms with Crippen molar-refractivity contribution in [1.29, 1.82) is 0 Å². The summed E-state index contributed by atoms with van der Waals surface area (Å²) < 4.78 is 0. The highest BCUT2D eigenvalue weighted by Crippen LogP contribution is 2.34. The number of hydrogen-bond donors (Lipinski definition) is 4. The van der Waals surface area contributed by atoms with Crippen LogP contribution in [0.25, 0.3) is 10.9 Å². The second-order valence-electron chi connectivity index (χ2n) is 7.34. The molecule has 4 N–H and O–H groups in total. The Morgan fingerprint density at radius 2 is 2.11 bits per heavy atom. The van der Waals surface area contributed by atoms with Crippen molar-refractivity contribution in [1.82, 2.24) is 20.3 Å². The molecule has 2 aromatic heterocycles. The lowest BCUT2D eigenvalue weighted by Crippen LogP contribution is -2.34. The van der Waals surface area contributed by atoms with Gasteiger partial charge in [0.25, 0.3) is 5.56 Å². The van der Waals surface area contributed by atoms with Crippen molar-refractivity contribution in [3.05, 3.63) is 51.4 Å². The molecule has 3 heterocycles. The topological polar surface area (TPSA) is 93.8 Å². The standard InChI is InChI=1S/C20H24N4O2S/c1-11(2)8-10-27-20-23-18(25)15(19(26)24-20)17-16-13(7-9-21-17)12-5-3-4-6-14(12)22-16/h3-6,11,17,21-22H,7-10H2,1-2H3,(H2,23,24,25,26). The zero-order chi connectivity index (χ0) is 19.0. The third kappa shape index (κ3) is 3.49. The van der Waals surface area contributed by atoms with E-state index in [1.54, 1.807) is 0 Å². The van der Waals surface area contributed by atoms with E-state index in [-0.39, 0.29) is 17.0 Å². The fourth-order valence-electron chi connectivity index (χ4n) is 3.60. The molecule has 1 aliphatic heterocycles. The smallest absolute Gasteiger partial charge is 0.260 e. The van der Waals surface area contributed by atoms with Gasteiger partial charge in [0, 0.05) is 28.9 Å². The first-order chi connectivity index (χ1) is 13.0. The highest BCUT2D eigenvalue weighted by molar-refractivity contribution is 7.99. The van der Waals surface area contributed by atoms with Crippen LogP contribution >= 0.6 is 11.8 Å². The molecule has 0 aliphatic carbocycles. The molecule has 0 amide bonds. The summed E-state index contributed by atoms with van der Waals surface area (Å²) in [6.45, 7) is 5.05. The average molecular weight is 385 g/mol. The molecule has 4 rings (SSSR count). The van der Waals surface area contributed by atoms with Crippen molar-refractivity contribution in [2.45, 2.75) is 37.9 Å². The number of fused-ring (bicyclic) bond motifs is 3. The minimum atomic E-state index is -0.396. The largest absolute Gasteiger partial charge is 0.493 e. The molecule has 1 atom stereocenters. The van der Waals surface area contributed by atoms with Crippen molar-refractivity contribution in [3.63, 3.8) is 0 Å². The lowest BCUT2D eigenvalue weighted by molar-refractivity contribution is 0.421. The zero-order valence-corrected chi connectivity index (χ0v) is 16.3. The SMILES string of the molecule is CC(C)CCSc1nc(O)c(C2NCCc3c2[nH]c2ccccc32)c(=O)[nH]1. The Morgan fingerprint density at radius 1 is 1.30 bits per heavy atom. The summed E-state index contributed by atoms with van der Waals surface area (Å²) in [7, 11) is 0. The molecule has 27 heavy (non-hydrogen) atoms. The summed E-state index contributed by atoms with van der Waals surface area (Å²) in [5.41, 5.74) is 3.16. The maximum Gasteiger partial charge on any atom is 0.260 e. The van der Waals surface area contributed by atoms with Gasteiger partial charge in [-0.3, -0.25) is 4.79 Å². The predicted octanol–water partition coefficient (Wildman–Crippen LogP) is 3.33. The van der Waals surface area contributed by atoms with Gasteiger partial charge in [0.15, 0.2) is 5.16 Å². The Hall–Kier alpha value is -2.25. The Kier molecular flexibility index (Phi) is 4.97. The second-order valence-corrected chi connectivity index (χ2v) is 8.42. The van der Waals surface area contributed by atoms with Gasteiger partial charge in [0.1, 0.15) is 5.56 Å². The summed E-state index contributed by atoms with van der Waals surface area (Å²) >= 11 is 1.47. The number of rotatable bonds is 5. The predicted molar refractivity (Wildman–Crippen MR) is 109 cm³/mol. The quantitative estimate of drug-likeness (QED) is 0.400. The number of H-pyrrole nitrogens is 2. The van der Waals surface area contributed by atoms with Crippen LogP contribution in [0, 0.1) is 5.92 Å². The number of aromatic amines is 2. The molecular weight excluding hydrogens is 360 g/mol. The number of nitrogens with zero attached hydrogens (tertiary/aromatic N) is 1. The molecule has 1 unspecified atom stereocenters. The second kappa shape index (κ2) is 7.40. The minimum Gasteiger partial charge on any atom is -0.493 e. The molecule has 1 aromatic carbocycles. The Labute approximate surface area is 161 Å². The maximum atomic E-state index is 12.8. The van der Waals surface area contributed by atoms with E-state index in [0.717, 1.165) is 36.3 Å². The van der Waals surface area contributed by atoms with Crippen molar-refractivity contribution >= 4 is 22.7 Å². The van der Waals surface area contributed by atoms with Crippen LogP contribution in [0.15, 0.2) is 34.2 Å². The van der Waals surface area contributed by atoms with E-state index in [1.807, 2.05) is 18.2 Å². The zero-order valence-electron chi connectivity index (χ0n) is 15.5. The molecule has 1 aliphatic rings. The monoisotopic (exact) mass is 384 g/mol. The molecule has 0 radical (unpaired) electrons. The molecule has 0 fully saturated rings. The summed E-state index contributed by atoms with van der Waals surface area (Å²) in [6.07, 6.45) is 1.91. The summed E-state index contributed by atoms with van der Waals surface area (Å²) in [6, 6.07) is 7.72. The van der Waals surface area contributed by atoms with Crippen molar-refractivity contribution in [2.24, 2.45) is 5.92 Å². The van der Waals surface area contributed by atoms with E-state index in [2.05, 4.69) is 40.2 Å². The van der Waals surface area contributed by atoms with Gasteiger partial charge >= 0.3 is 0 Å². The molecule has 0 saturated carbocycles. The van der Waals surface area contributed by atoms with E-state index in [9.17, 15) is 9.90 Å². The third-order valence-electron chi connectivity index (χ3n) is 4.99. The van der Waals surface area contributed by atoms with Crippen LogP contribution in [0.5, 0.6) is 5.88 Å². The van der Waals surface area contributed by atoms with E-state index >= 15 is 0 Å². The van der Waals surface area contributed by atoms with E-state index in [0.29, 0.717) is 11.1 Å². The van der Waals surface area contributed by atoms with Crippen molar-refractivity contribution < 1.29 is 5.11 Å². The van der Waals surface area contributed by atoms with Crippen LogP contribution in [0.1, 0.15) is 43.1 Å². The summed E-state index contributed by atoms with van der Waals surface area (Å²) in [5.74, 6) is 1.24. The molecule has 142 valence electrons. The third-order valence-corrected chi connectivity index (χ3v) is 5.90. The number of para-hydroxylation sites is 1. The lowest BCUT2D eigenvalue weighted by atomic mass is 9.95. The van der Waals surface area contributed by atoms with Gasteiger partial charge in [-0.2, -0.15) is 4.98 Å². The number of nitrogens with one attached hydrogen (secondary N) is 3. The lowest BCUT2D eigenvalue weighted by Gasteiger charge is -2.24. The number of hydrogen-bond acceptors (Lipinski definition) is 5. The van der Waals surface area contributed by atoms with Crippen molar-refractivity contribution in [2.75, 3.05) is 12.3 Å². The van der Waals surface area contributed by atoms with Gasteiger partial charge in [-0.1, -0.05) is 43.8 Å². The van der Waals surface area contributed by atoms with Crippen LogP contribution in [0.2, 0.25) is 0 Å². The van der Waals surface area contributed by atoms with Gasteiger partial charge in [-0.15, -0.1) is 0 Å². The van der Waals surface area contributed by atoms with Gasteiger partial charge in [-0.05, 0) is 30.4 Å². The normalized spacial score (nSPS) is 16.8. The average Bonchev–Trinajstić information content (AvgIpc) is 3.00. The van der Waals surface area contributed by atoms with E-state index < -0.39 is 6.04 Å².